The van der Waals surface area contributed by atoms with Gasteiger partial charge in [-0.05, 0) is 77.1 Å². The number of para-hydroxylation sites is 4. The molecular formula is C43H32N2. The zero-order valence-corrected chi connectivity index (χ0v) is 25.2. The van der Waals surface area contributed by atoms with E-state index in [0.29, 0.717) is 5.92 Å². The lowest BCUT2D eigenvalue weighted by molar-refractivity contribution is 0.750. The average molecular weight is 577 g/mol. The third kappa shape index (κ3) is 4.03. The molecule has 1 atom stereocenters. The highest BCUT2D eigenvalue weighted by molar-refractivity contribution is 6.10. The molecule has 0 fully saturated rings. The van der Waals surface area contributed by atoms with Gasteiger partial charge in [-0.25, -0.2) is 0 Å². The maximum Gasteiger partial charge on any atom is 0.0541 e. The number of fused-ring (bicyclic) bond motifs is 6. The van der Waals surface area contributed by atoms with E-state index < -0.39 is 0 Å². The van der Waals surface area contributed by atoms with Crippen molar-refractivity contribution in [1.82, 2.24) is 9.13 Å². The van der Waals surface area contributed by atoms with Crippen LogP contribution in [0.15, 0.2) is 158 Å². The summed E-state index contributed by atoms with van der Waals surface area (Å²) in [6.07, 6.45) is 5.68. The fourth-order valence-corrected chi connectivity index (χ4v) is 7.57. The highest BCUT2D eigenvalue weighted by Gasteiger charge is 2.22. The van der Waals surface area contributed by atoms with Gasteiger partial charge in [-0.3, -0.25) is 0 Å². The second-order valence-electron chi connectivity index (χ2n) is 12.2. The molecule has 8 aromatic rings. The Hall–Kier alpha value is -5.60. The Kier molecular flexibility index (Phi) is 5.89. The van der Waals surface area contributed by atoms with Crippen molar-refractivity contribution in [2.24, 2.45) is 5.92 Å². The maximum absolute atomic E-state index is 2.47. The molecule has 1 aliphatic rings. The molecule has 2 aromatic heterocycles. The molecule has 45 heavy (non-hydrogen) atoms. The van der Waals surface area contributed by atoms with Gasteiger partial charge in [0, 0.05) is 32.9 Å². The van der Waals surface area contributed by atoms with Crippen molar-refractivity contribution in [3.05, 3.63) is 163 Å². The first kappa shape index (κ1) is 25.9. The Morgan fingerprint density at radius 1 is 0.444 bits per heavy atom. The molecule has 0 saturated heterocycles. The molecule has 0 aliphatic heterocycles. The summed E-state index contributed by atoms with van der Waals surface area (Å²) >= 11 is 0. The van der Waals surface area contributed by atoms with Gasteiger partial charge in [-0.15, -0.1) is 0 Å². The molecule has 0 N–H and O–H groups in total. The molecule has 0 saturated carbocycles. The smallest absolute Gasteiger partial charge is 0.0541 e. The van der Waals surface area contributed by atoms with Crippen molar-refractivity contribution in [2.75, 3.05) is 0 Å². The summed E-state index contributed by atoms with van der Waals surface area (Å²) in [6.45, 7) is 2.37. The Bertz CT molecular complexity index is 2360. The normalized spacial score (nSPS) is 15.2. The fraction of sp³-hybridized carbons (Fsp3) is 0.0698. The van der Waals surface area contributed by atoms with E-state index in [-0.39, 0.29) is 0 Å². The second-order valence-corrected chi connectivity index (χ2v) is 12.2. The van der Waals surface area contributed by atoms with E-state index >= 15 is 0 Å². The molecule has 6 aromatic carbocycles. The van der Waals surface area contributed by atoms with Crippen molar-refractivity contribution in [2.45, 2.75) is 13.3 Å². The van der Waals surface area contributed by atoms with Crippen molar-refractivity contribution in [3.8, 4) is 16.8 Å². The van der Waals surface area contributed by atoms with Crippen molar-refractivity contribution in [3.63, 3.8) is 0 Å². The van der Waals surface area contributed by atoms with Crippen molar-refractivity contribution in [1.29, 1.82) is 0 Å². The quantitative estimate of drug-likeness (QED) is 0.197. The number of allylic oxidation sites excluding steroid dienone is 4. The van der Waals surface area contributed by atoms with Gasteiger partial charge in [-0.2, -0.15) is 0 Å². The Morgan fingerprint density at radius 3 is 1.40 bits per heavy atom. The number of hydrogen-bond acceptors (Lipinski definition) is 0. The summed E-state index contributed by atoms with van der Waals surface area (Å²) in [5.74, 6) is 0.378. The van der Waals surface area contributed by atoms with Crippen LogP contribution in [0.25, 0.3) is 71.7 Å². The van der Waals surface area contributed by atoms with E-state index in [2.05, 4.69) is 174 Å². The van der Waals surface area contributed by atoms with E-state index in [1.165, 1.54) is 77.3 Å². The molecule has 2 heteroatoms. The minimum atomic E-state index is 0.378. The molecule has 1 aliphatic carbocycles. The van der Waals surface area contributed by atoms with Crippen molar-refractivity contribution < 1.29 is 0 Å². The molecule has 9 rings (SSSR count). The average Bonchev–Trinajstić information content (AvgIpc) is 3.62. The van der Waals surface area contributed by atoms with Gasteiger partial charge in [0.2, 0.25) is 0 Å². The van der Waals surface area contributed by atoms with Gasteiger partial charge in [-0.1, -0.05) is 122 Å². The monoisotopic (exact) mass is 576 g/mol. The molecule has 0 amide bonds. The summed E-state index contributed by atoms with van der Waals surface area (Å²) in [4.78, 5) is 0. The van der Waals surface area contributed by atoms with Crippen LogP contribution in [0, 0.1) is 5.92 Å². The highest BCUT2D eigenvalue weighted by Crippen LogP contribution is 2.41. The van der Waals surface area contributed by atoms with Crippen LogP contribution in [0.5, 0.6) is 0 Å². The number of aromatic nitrogens is 2. The van der Waals surface area contributed by atoms with Gasteiger partial charge >= 0.3 is 0 Å². The van der Waals surface area contributed by atoms with Crippen LogP contribution >= 0.6 is 0 Å². The van der Waals surface area contributed by atoms with Gasteiger partial charge in [0.05, 0.1) is 22.1 Å². The first-order valence-electron chi connectivity index (χ1n) is 15.8. The van der Waals surface area contributed by atoms with Crippen LogP contribution in [0.1, 0.15) is 18.9 Å². The minimum absolute atomic E-state index is 0.378. The number of benzene rings is 6. The van der Waals surface area contributed by atoms with Gasteiger partial charge in [0.25, 0.3) is 0 Å². The molecular weight excluding hydrogens is 544 g/mol. The molecule has 0 bridgehead atoms. The highest BCUT2D eigenvalue weighted by atomic mass is 15.0. The maximum atomic E-state index is 2.47. The van der Waals surface area contributed by atoms with Crippen molar-refractivity contribution >= 4 is 54.9 Å². The fourth-order valence-electron chi connectivity index (χ4n) is 7.57. The molecule has 0 radical (unpaired) electrons. The number of rotatable bonds is 4. The first-order valence-corrected chi connectivity index (χ1v) is 15.8. The summed E-state index contributed by atoms with van der Waals surface area (Å²) in [5, 5.41) is 5.19. The largest absolute Gasteiger partial charge is 0.313 e. The zero-order chi connectivity index (χ0) is 29.9. The third-order valence-electron chi connectivity index (χ3n) is 9.62. The summed E-state index contributed by atoms with van der Waals surface area (Å²) in [5.41, 5.74) is 12.8. The third-order valence-corrected chi connectivity index (χ3v) is 9.62. The molecule has 1 unspecified atom stereocenters. The van der Waals surface area contributed by atoms with Crippen LogP contribution in [-0.4, -0.2) is 9.13 Å². The molecule has 2 heterocycles. The Morgan fingerprint density at radius 2 is 0.889 bits per heavy atom. The summed E-state index contributed by atoms with van der Waals surface area (Å²) < 4.78 is 4.85. The number of nitrogens with zero attached hydrogens (tertiary/aromatic N) is 2. The zero-order valence-electron chi connectivity index (χ0n) is 25.2. The van der Waals surface area contributed by atoms with E-state index in [4.69, 9.17) is 0 Å². The first-order chi connectivity index (χ1) is 22.3. The SMILES string of the molecule is CC1CC(n2c3ccccc3c3ccccc32)=CC=C1c1ccccc1-c1ccc(-n2c3ccccc3c3ccccc32)cc1. The second kappa shape index (κ2) is 10.2. The van der Waals surface area contributed by atoms with Crippen LogP contribution in [-0.2, 0) is 0 Å². The van der Waals surface area contributed by atoms with Crippen LogP contribution in [0.4, 0.5) is 0 Å². The van der Waals surface area contributed by atoms with E-state index in [0.717, 1.165) is 6.42 Å². The standard InChI is InChI=1S/C43H32N2/c1-29-28-32(45-42-20-10-6-16-38(42)39-17-7-11-21-43(39)45)26-27-33(29)35-13-3-2-12-34(35)30-22-24-31(25-23-30)44-40-18-8-4-14-36(40)37-15-5-9-19-41(37)44/h2-27,29H,28H2,1H3. The molecule has 214 valence electrons. The molecule has 0 spiro atoms. The predicted molar refractivity (Wildman–Crippen MR) is 192 cm³/mol. The summed E-state index contributed by atoms with van der Waals surface area (Å²) in [7, 11) is 0. The van der Waals surface area contributed by atoms with E-state index in [9.17, 15) is 0 Å². The number of hydrogen-bond donors (Lipinski definition) is 0. The lowest BCUT2D eigenvalue weighted by atomic mass is 9.83. The summed E-state index contributed by atoms with van der Waals surface area (Å²) in [6, 6.07) is 52.9. The lowest BCUT2D eigenvalue weighted by Crippen LogP contribution is -2.09. The van der Waals surface area contributed by atoms with E-state index in [1.807, 2.05) is 0 Å². The minimum Gasteiger partial charge on any atom is -0.313 e. The van der Waals surface area contributed by atoms with Gasteiger partial charge in [0.15, 0.2) is 0 Å². The molecule has 2 nitrogen and oxygen atoms in total. The van der Waals surface area contributed by atoms with Gasteiger partial charge in [0.1, 0.15) is 0 Å². The van der Waals surface area contributed by atoms with E-state index in [1.54, 1.807) is 0 Å². The lowest BCUT2D eigenvalue weighted by Gasteiger charge is -2.25. The predicted octanol–water partition coefficient (Wildman–Crippen LogP) is 11.5. The Balaban J connectivity index is 1.12. The topological polar surface area (TPSA) is 9.86 Å². The van der Waals surface area contributed by atoms with Crippen LogP contribution in [0.3, 0.4) is 0 Å². The Labute approximate surface area is 262 Å². The van der Waals surface area contributed by atoms with Gasteiger partial charge < -0.3 is 9.13 Å². The van der Waals surface area contributed by atoms with Crippen LogP contribution in [0.2, 0.25) is 0 Å². The van der Waals surface area contributed by atoms with Crippen LogP contribution < -0.4 is 0 Å².